The SMILES string of the molecule is CCCNCC(C)(O)c1cncc2ccccc12. The van der Waals surface area contributed by atoms with E-state index in [1.54, 1.807) is 6.20 Å². The standard InChI is InChI=1S/C15H20N2O/c1-3-8-16-11-15(2,18)14-10-17-9-12-6-4-5-7-13(12)14/h4-7,9-10,16,18H,3,8,11H2,1-2H3. The molecule has 0 aliphatic heterocycles. The van der Waals surface area contributed by atoms with E-state index in [9.17, 15) is 5.11 Å². The van der Waals surface area contributed by atoms with E-state index in [0.29, 0.717) is 6.54 Å². The van der Waals surface area contributed by atoms with E-state index in [0.717, 1.165) is 29.3 Å². The zero-order valence-corrected chi connectivity index (χ0v) is 11.0. The summed E-state index contributed by atoms with van der Waals surface area (Å²) in [6.45, 7) is 5.39. The Balaban J connectivity index is 2.34. The minimum atomic E-state index is -0.900. The highest BCUT2D eigenvalue weighted by Gasteiger charge is 2.24. The fraction of sp³-hybridized carbons (Fsp3) is 0.400. The molecule has 1 unspecified atom stereocenters. The van der Waals surface area contributed by atoms with Gasteiger partial charge in [-0.05, 0) is 25.3 Å². The van der Waals surface area contributed by atoms with Crippen LogP contribution in [-0.4, -0.2) is 23.2 Å². The number of pyridine rings is 1. The van der Waals surface area contributed by atoms with Crippen LogP contribution in [0.1, 0.15) is 25.8 Å². The average molecular weight is 244 g/mol. The van der Waals surface area contributed by atoms with Gasteiger partial charge >= 0.3 is 0 Å². The highest BCUT2D eigenvalue weighted by atomic mass is 16.3. The molecular weight excluding hydrogens is 224 g/mol. The second-order valence-electron chi connectivity index (χ2n) is 4.86. The molecule has 3 nitrogen and oxygen atoms in total. The topological polar surface area (TPSA) is 45.1 Å². The summed E-state index contributed by atoms with van der Waals surface area (Å²) in [5.41, 5.74) is -0.0209. The van der Waals surface area contributed by atoms with Crippen LogP contribution in [0.4, 0.5) is 0 Å². The fourth-order valence-electron chi connectivity index (χ4n) is 2.15. The van der Waals surface area contributed by atoms with Crippen LogP contribution in [0.25, 0.3) is 10.8 Å². The predicted molar refractivity (Wildman–Crippen MR) is 74.5 cm³/mol. The van der Waals surface area contributed by atoms with Gasteiger partial charge in [0.15, 0.2) is 0 Å². The molecule has 2 aromatic rings. The van der Waals surface area contributed by atoms with Crippen molar-refractivity contribution in [2.45, 2.75) is 25.9 Å². The van der Waals surface area contributed by atoms with Crippen molar-refractivity contribution in [1.29, 1.82) is 0 Å². The van der Waals surface area contributed by atoms with Crippen molar-refractivity contribution in [2.24, 2.45) is 0 Å². The second kappa shape index (κ2) is 5.46. The molecule has 0 fully saturated rings. The van der Waals surface area contributed by atoms with Crippen LogP contribution in [0.3, 0.4) is 0 Å². The Morgan fingerprint density at radius 1 is 1.28 bits per heavy atom. The molecule has 0 bridgehead atoms. The lowest BCUT2D eigenvalue weighted by Gasteiger charge is -2.25. The number of hydrogen-bond acceptors (Lipinski definition) is 3. The molecule has 1 atom stereocenters. The summed E-state index contributed by atoms with van der Waals surface area (Å²) in [7, 11) is 0. The van der Waals surface area contributed by atoms with Crippen molar-refractivity contribution in [3.05, 3.63) is 42.2 Å². The first-order valence-electron chi connectivity index (χ1n) is 6.41. The third-order valence-corrected chi connectivity index (χ3v) is 3.14. The van der Waals surface area contributed by atoms with Crippen molar-refractivity contribution in [3.63, 3.8) is 0 Å². The summed E-state index contributed by atoms with van der Waals surface area (Å²) in [5, 5.41) is 16.0. The van der Waals surface area contributed by atoms with Gasteiger partial charge < -0.3 is 10.4 Å². The van der Waals surface area contributed by atoms with Gasteiger partial charge in [-0.3, -0.25) is 4.98 Å². The number of nitrogens with zero attached hydrogens (tertiary/aromatic N) is 1. The summed E-state index contributed by atoms with van der Waals surface area (Å²) >= 11 is 0. The largest absolute Gasteiger partial charge is 0.384 e. The molecule has 1 aromatic heterocycles. The van der Waals surface area contributed by atoms with E-state index in [2.05, 4.69) is 17.2 Å². The molecule has 1 aromatic carbocycles. The Morgan fingerprint density at radius 3 is 2.83 bits per heavy atom. The fourth-order valence-corrected chi connectivity index (χ4v) is 2.15. The maximum absolute atomic E-state index is 10.6. The Bertz CT molecular complexity index is 517. The second-order valence-corrected chi connectivity index (χ2v) is 4.86. The first kappa shape index (κ1) is 13.0. The van der Waals surface area contributed by atoms with Crippen LogP contribution in [0.15, 0.2) is 36.7 Å². The number of aromatic nitrogens is 1. The number of aliphatic hydroxyl groups is 1. The predicted octanol–water partition coefficient (Wildman–Crippen LogP) is 2.44. The molecule has 0 aliphatic rings. The Labute approximate surface area is 108 Å². The highest BCUT2D eigenvalue weighted by Crippen LogP contribution is 2.27. The monoisotopic (exact) mass is 244 g/mol. The lowest BCUT2D eigenvalue weighted by Crippen LogP contribution is -2.36. The molecule has 96 valence electrons. The summed E-state index contributed by atoms with van der Waals surface area (Å²) in [6.07, 6.45) is 4.65. The highest BCUT2D eigenvalue weighted by molar-refractivity contribution is 5.85. The number of fused-ring (bicyclic) bond motifs is 1. The number of benzene rings is 1. The van der Waals surface area contributed by atoms with Gasteiger partial charge in [0.2, 0.25) is 0 Å². The van der Waals surface area contributed by atoms with Crippen molar-refractivity contribution < 1.29 is 5.11 Å². The van der Waals surface area contributed by atoms with Crippen LogP contribution in [0.2, 0.25) is 0 Å². The Kier molecular flexibility index (Phi) is 3.94. The molecular formula is C15H20N2O. The maximum atomic E-state index is 10.6. The van der Waals surface area contributed by atoms with Gasteiger partial charge in [0.25, 0.3) is 0 Å². The molecule has 0 aliphatic carbocycles. The minimum Gasteiger partial charge on any atom is -0.384 e. The molecule has 2 N–H and O–H groups in total. The van der Waals surface area contributed by atoms with Crippen LogP contribution < -0.4 is 5.32 Å². The molecule has 0 radical (unpaired) electrons. The minimum absolute atomic E-state index is 0.538. The van der Waals surface area contributed by atoms with Gasteiger partial charge in [-0.15, -0.1) is 0 Å². The van der Waals surface area contributed by atoms with Gasteiger partial charge in [-0.1, -0.05) is 31.2 Å². The summed E-state index contributed by atoms with van der Waals surface area (Å²) in [5.74, 6) is 0. The first-order valence-corrected chi connectivity index (χ1v) is 6.41. The Morgan fingerprint density at radius 2 is 2.06 bits per heavy atom. The molecule has 18 heavy (non-hydrogen) atoms. The van der Waals surface area contributed by atoms with Crippen molar-refractivity contribution in [1.82, 2.24) is 10.3 Å². The van der Waals surface area contributed by atoms with Crippen LogP contribution in [-0.2, 0) is 5.60 Å². The van der Waals surface area contributed by atoms with E-state index in [-0.39, 0.29) is 0 Å². The van der Waals surface area contributed by atoms with E-state index < -0.39 is 5.60 Å². The van der Waals surface area contributed by atoms with Crippen molar-refractivity contribution >= 4 is 10.8 Å². The Hall–Kier alpha value is -1.45. The first-order chi connectivity index (χ1) is 8.65. The van der Waals surface area contributed by atoms with Gasteiger partial charge in [0, 0.05) is 29.9 Å². The van der Waals surface area contributed by atoms with E-state index in [1.165, 1.54) is 0 Å². The van der Waals surface area contributed by atoms with Crippen molar-refractivity contribution in [2.75, 3.05) is 13.1 Å². The number of hydrogen-bond donors (Lipinski definition) is 2. The van der Waals surface area contributed by atoms with E-state index >= 15 is 0 Å². The molecule has 1 heterocycles. The molecule has 3 heteroatoms. The van der Waals surface area contributed by atoms with Crippen LogP contribution in [0, 0.1) is 0 Å². The molecule has 0 saturated carbocycles. The molecule has 0 amide bonds. The lowest BCUT2D eigenvalue weighted by atomic mass is 9.93. The quantitative estimate of drug-likeness (QED) is 0.794. The molecule has 0 spiro atoms. The van der Waals surface area contributed by atoms with Gasteiger partial charge in [0.1, 0.15) is 5.60 Å². The third kappa shape index (κ3) is 2.68. The molecule has 0 saturated heterocycles. The van der Waals surface area contributed by atoms with E-state index in [1.807, 2.05) is 37.4 Å². The summed E-state index contributed by atoms with van der Waals surface area (Å²) < 4.78 is 0. The summed E-state index contributed by atoms with van der Waals surface area (Å²) in [6, 6.07) is 8.02. The van der Waals surface area contributed by atoms with Crippen LogP contribution in [0.5, 0.6) is 0 Å². The van der Waals surface area contributed by atoms with Crippen LogP contribution >= 0.6 is 0 Å². The van der Waals surface area contributed by atoms with Gasteiger partial charge in [-0.2, -0.15) is 0 Å². The van der Waals surface area contributed by atoms with Crippen molar-refractivity contribution in [3.8, 4) is 0 Å². The summed E-state index contributed by atoms with van der Waals surface area (Å²) in [4.78, 5) is 4.22. The average Bonchev–Trinajstić information content (AvgIpc) is 2.38. The normalized spacial score (nSPS) is 14.6. The smallest absolute Gasteiger partial charge is 0.101 e. The van der Waals surface area contributed by atoms with Gasteiger partial charge in [0.05, 0.1) is 0 Å². The maximum Gasteiger partial charge on any atom is 0.101 e. The van der Waals surface area contributed by atoms with E-state index in [4.69, 9.17) is 0 Å². The zero-order chi connectivity index (χ0) is 13.0. The lowest BCUT2D eigenvalue weighted by molar-refractivity contribution is 0.0584. The zero-order valence-electron chi connectivity index (χ0n) is 11.0. The number of nitrogens with one attached hydrogen (secondary N) is 1. The van der Waals surface area contributed by atoms with Gasteiger partial charge in [-0.25, -0.2) is 0 Å². The third-order valence-electron chi connectivity index (χ3n) is 3.14. The molecule has 2 rings (SSSR count). The number of rotatable bonds is 5.